The van der Waals surface area contributed by atoms with Crippen molar-refractivity contribution in [2.75, 3.05) is 6.54 Å². The van der Waals surface area contributed by atoms with Crippen molar-refractivity contribution in [2.24, 2.45) is 0 Å². The first-order valence-corrected chi connectivity index (χ1v) is 6.65. The number of aromatic nitrogens is 3. The molecule has 0 aliphatic carbocycles. The number of alkyl halides is 3. The van der Waals surface area contributed by atoms with Crippen LogP contribution in [-0.2, 0) is 28.5 Å². The van der Waals surface area contributed by atoms with Gasteiger partial charge < -0.3 is 4.57 Å². The van der Waals surface area contributed by atoms with Crippen molar-refractivity contribution in [2.45, 2.75) is 19.3 Å². The summed E-state index contributed by atoms with van der Waals surface area (Å²) < 4.78 is 61.1. The number of halogens is 4. The lowest BCUT2D eigenvalue weighted by molar-refractivity contribution is -0.147. The molecule has 0 fully saturated rings. The molecule has 0 saturated heterocycles. The Morgan fingerprint density at radius 3 is 2.41 bits per heavy atom. The van der Waals surface area contributed by atoms with Gasteiger partial charge in [-0.3, -0.25) is 0 Å². The maximum atomic E-state index is 12.5. The van der Waals surface area contributed by atoms with Gasteiger partial charge in [-0.05, 0) is 0 Å². The largest absolute Gasteiger partial charge is 0.451 e. The summed E-state index contributed by atoms with van der Waals surface area (Å²) in [6.07, 6.45) is -4.60. The van der Waals surface area contributed by atoms with E-state index in [1.54, 1.807) is 0 Å². The molecular weight excluding hydrogens is 285 g/mol. The van der Waals surface area contributed by atoms with Gasteiger partial charge in [-0.15, -0.1) is 10.2 Å². The smallest absolute Gasteiger partial charge is 0.305 e. The van der Waals surface area contributed by atoms with Gasteiger partial charge in [0.1, 0.15) is 5.82 Å². The summed E-state index contributed by atoms with van der Waals surface area (Å²) in [7, 11) is 1.14. The Kier molecular flexibility index (Phi) is 2.83. The third kappa shape index (κ3) is 2.38. The second-order valence-electron chi connectivity index (χ2n) is 3.36. The Hall–Kier alpha value is -0.870. The first kappa shape index (κ1) is 12.6. The molecule has 2 rings (SSSR count). The van der Waals surface area contributed by atoms with E-state index in [1.807, 2.05) is 0 Å². The maximum Gasteiger partial charge on any atom is 0.451 e. The Balaban J connectivity index is 2.34. The Morgan fingerprint density at radius 2 is 1.88 bits per heavy atom. The van der Waals surface area contributed by atoms with Gasteiger partial charge in [0.25, 0.3) is 9.24 Å². The normalized spacial score (nSPS) is 18.1. The van der Waals surface area contributed by atoms with Crippen LogP contribution in [0.1, 0.15) is 11.6 Å². The molecule has 2 heterocycles. The molecule has 1 aliphatic heterocycles. The summed E-state index contributed by atoms with van der Waals surface area (Å²) in [5.74, 6) is -1.20. The number of hydrogen-bond donors (Lipinski definition) is 0. The van der Waals surface area contributed by atoms with Crippen molar-refractivity contribution in [1.29, 1.82) is 0 Å². The minimum Gasteiger partial charge on any atom is -0.305 e. The molecule has 11 heteroatoms. The zero-order valence-corrected chi connectivity index (χ0v) is 9.72. The molecule has 6 nitrogen and oxygen atoms in total. The molecule has 0 saturated carbocycles. The van der Waals surface area contributed by atoms with Gasteiger partial charge in [0.2, 0.25) is 5.82 Å². The van der Waals surface area contributed by atoms with E-state index in [1.165, 1.54) is 0 Å². The number of rotatable bonds is 1. The minimum absolute atomic E-state index is 0.0761. The predicted molar refractivity (Wildman–Crippen MR) is 50.2 cm³/mol. The van der Waals surface area contributed by atoms with Crippen molar-refractivity contribution in [1.82, 2.24) is 19.1 Å². The fourth-order valence-electron chi connectivity index (χ4n) is 1.53. The maximum absolute atomic E-state index is 12.5. The molecule has 1 aliphatic rings. The van der Waals surface area contributed by atoms with Crippen molar-refractivity contribution in [3.8, 4) is 0 Å². The highest BCUT2D eigenvalue weighted by atomic mass is 35.7. The Bertz CT molecular complexity index is 540. The van der Waals surface area contributed by atoms with E-state index >= 15 is 0 Å². The third-order valence-corrected chi connectivity index (χ3v) is 3.79. The van der Waals surface area contributed by atoms with E-state index in [9.17, 15) is 21.6 Å². The van der Waals surface area contributed by atoms with Crippen LogP contribution >= 0.6 is 10.7 Å². The molecule has 1 aromatic heterocycles. The molecule has 0 amide bonds. The highest BCUT2D eigenvalue weighted by Crippen LogP contribution is 2.29. The van der Waals surface area contributed by atoms with Crippen LogP contribution in [0.5, 0.6) is 0 Å². The lowest BCUT2D eigenvalue weighted by Crippen LogP contribution is -2.37. The summed E-state index contributed by atoms with van der Waals surface area (Å²) in [5.41, 5.74) is 0. The van der Waals surface area contributed by atoms with Crippen molar-refractivity contribution < 1.29 is 21.6 Å². The molecule has 0 unspecified atom stereocenters. The van der Waals surface area contributed by atoms with Crippen LogP contribution in [0.25, 0.3) is 0 Å². The zero-order valence-electron chi connectivity index (χ0n) is 8.15. The quantitative estimate of drug-likeness (QED) is 0.710. The van der Waals surface area contributed by atoms with E-state index in [2.05, 4.69) is 10.2 Å². The minimum atomic E-state index is -4.60. The lowest BCUT2D eigenvalue weighted by atomic mass is 10.4. The first-order valence-electron chi connectivity index (χ1n) is 4.38. The molecule has 0 spiro atoms. The van der Waals surface area contributed by atoms with Gasteiger partial charge in [0.15, 0.2) is 0 Å². The van der Waals surface area contributed by atoms with Crippen LogP contribution in [-0.4, -0.2) is 34.0 Å². The SMILES string of the molecule is O=S(=O)(Cl)N1CCn2c(nnc2C(F)(F)F)C1. The average Bonchev–Trinajstić information content (AvgIpc) is 2.57. The molecule has 0 N–H and O–H groups in total. The van der Waals surface area contributed by atoms with Gasteiger partial charge in [0.05, 0.1) is 6.54 Å². The van der Waals surface area contributed by atoms with Crippen molar-refractivity contribution >= 4 is 19.9 Å². The Morgan fingerprint density at radius 1 is 1.24 bits per heavy atom. The van der Waals surface area contributed by atoms with Gasteiger partial charge in [-0.1, -0.05) is 0 Å². The highest BCUT2D eigenvalue weighted by molar-refractivity contribution is 8.11. The van der Waals surface area contributed by atoms with Gasteiger partial charge in [-0.25, -0.2) is 0 Å². The van der Waals surface area contributed by atoms with Crippen LogP contribution in [0.2, 0.25) is 0 Å². The molecule has 17 heavy (non-hydrogen) atoms. The number of hydrogen-bond acceptors (Lipinski definition) is 4. The zero-order chi connectivity index (χ0) is 12.8. The summed E-state index contributed by atoms with van der Waals surface area (Å²) >= 11 is 0. The number of nitrogens with zero attached hydrogens (tertiary/aromatic N) is 4. The van der Waals surface area contributed by atoms with E-state index in [0.29, 0.717) is 0 Å². The summed E-state index contributed by atoms with van der Waals surface area (Å²) in [5, 5.41) is 6.32. The van der Waals surface area contributed by atoms with Crippen LogP contribution in [0, 0.1) is 0 Å². The number of fused-ring (bicyclic) bond motifs is 1. The van der Waals surface area contributed by atoms with Crippen LogP contribution in [0.15, 0.2) is 0 Å². The van der Waals surface area contributed by atoms with E-state index in [0.717, 1.165) is 8.87 Å². The average molecular weight is 291 g/mol. The second-order valence-corrected chi connectivity index (χ2v) is 5.88. The first-order chi connectivity index (χ1) is 7.69. The van der Waals surface area contributed by atoms with Gasteiger partial charge >= 0.3 is 6.18 Å². The molecule has 0 radical (unpaired) electrons. The summed E-state index contributed by atoms with van der Waals surface area (Å²) in [6.45, 7) is -0.627. The molecule has 1 aromatic rings. The van der Waals surface area contributed by atoms with Crippen molar-refractivity contribution in [3.63, 3.8) is 0 Å². The summed E-state index contributed by atoms with van der Waals surface area (Å²) in [6, 6.07) is 0. The third-order valence-electron chi connectivity index (χ3n) is 2.28. The molecule has 0 aromatic carbocycles. The molecular formula is C6H6ClF3N4O2S. The highest BCUT2D eigenvalue weighted by Gasteiger charge is 2.40. The van der Waals surface area contributed by atoms with Crippen LogP contribution in [0.4, 0.5) is 13.2 Å². The predicted octanol–water partition coefficient (Wildman–Crippen LogP) is 0.596. The van der Waals surface area contributed by atoms with Crippen molar-refractivity contribution in [3.05, 3.63) is 11.6 Å². The van der Waals surface area contributed by atoms with E-state index < -0.39 is 21.2 Å². The second kappa shape index (κ2) is 3.82. The van der Waals surface area contributed by atoms with E-state index in [4.69, 9.17) is 10.7 Å². The summed E-state index contributed by atoms with van der Waals surface area (Å²) in [4.78, 5) is 0. The standard InChI is InChI=1S/C6H6ClF3N4O2S/c7-17(15,16)13-1-2-14-4(3-13)11-12-5(14)6(8,9)10/h1-3H2. The fraction of sp³-hybridized carbons (Fsp3) is 0.667. The fourth-order valence-corrected chi connectivity index (χ4v) is 2.45. The Labute approximate surface area is 98.5 Å². The molecule has 0 bridgehead atoms. The topological polar surface area (TPSA) is 68.1 Å². The molecule has 0 atom stereocenters. The monoisotopic (exact) mass is 290 g/mol. The van der Waals surface area contributed by atoms with Crippen LogP contribution in [0.3, 0.4) is 0 Å². The van der Waals surface area contributed by atoms with Gasteiger partial charge in [-0.2, -0.15) is 25.9 Å². The van der Waals surface area contributed by atoms with E-state index in [-0.39, 0.29) is 25.5 Å². The van der Waals surface area contributed by atoms with Gasteiger partial charge in [0, 0.05) is 23.8 Å². The lowest BCUT2D eigenvalue weighted by Gasteiger charge is -2.24. The van der Waals surface area contributed by atoms with Crippen LogP contribution < -0.4 is 0 Å². The molecule has 96 valence electrons.